The molecule has 0 aliphatic heterocycles. The van der Waals surface area contributed by atoms with Crippen LogP contribution in [0.2, 0.25) is 0 Å². The molecule has 63 heavy (non-hydrogen) atoms. The molecule has 0 saturated carbocycles. The van der Waals surface area contributed by atoms with Gasteiger partial charge in [0.2, 0.25) is 0 Å². The zero-order valence-electron chi connectivity index (χ0n) is 30.8. The molecule has 0 bridgehead atoms. The standard InChI is InChI=1S/3C12H8N2O6.2ClH.Ru/c3*15-11(16)19-7-1-3-13-9(5-7)10-6-8(2-4-14-10)20-12(17)18;;;/h3*1-6H,(H,15,16)(H,17,18);2*1H;/q;;;;;+2/p-2. The zero-order valence-corrected chi connectivity index (χ0v) is 34.0. The summed E-state index contributed by atoms with van der Waals surface area (Å²) in [5.74, 6) is 0.466. The molecular formula is C36H24Cl2N6O18Ru. The van der Waals surface area contributed by atoms with E-state index in [9.17, 15) is 28.8 Å². The van der Waals surface area contributed by atoms with Crippen molar-refractivity contribution in [1.82, 2.24) is 29.9 Å². The molecule has 0 atom stereocenters. The van der Waals surface area contributed by atoms with Crippen LogP contribution < -0.4 is 53.2 Å². The van der Waals surface area contributed by atoms with E-state index in [-0.39, 0.29) is 78.8 Å². The normalized spacial score (nSPS) is 9.33. The summed E-state index contributed by atoms with van der Waals surface area (Å²) >= 11 is 0. The van der Waals surface area contributed by atoms with Crippen molar-refractivity contribution in [3.05, 3.63) is 110 Å². The number of hydrogen-bond acceptors (Lipinski definition) is 18. The van der Waals surface area contributed by atoms with Gasteiger partial charge in [-0.25, -0.2) is 28.8 Å². The molecule has 328 valence electrons. The van der Waals surface area contributed by atoms with Gasteiger partial charge in [0.1, 0.15) is 34.5 Å². The van der Waals surface area contributed by atoms with Gasteiger partial charge in [0.25, 0.3) is 0 Å². The van der Waals surface area contributed by atoms with Crippen LogP contribution in [0.1, 0.15) is 0 Å². The molecule has 6 aromatic rings. The van der Waals surface area contributed by atoms with Crippen LogP contribution in [-0.4, -0.2) is 97.5 Å². The molecular weight excluding hydrogens is 976 g/mol. The SMILES string of the molecule is O=C(O)Oc1ccnc(-c2cc(OC(=O)O)ccn2)c1.O=C(O)Oc1ccnc(-c2cc(OC(=O)O)ccn2)c1.O=C(O)Oc1ccnc(-c2cc(OC(=O)O)ccn2)c1.[Cl-].[Cl-].[Ru+2]. The van der Waals surface area contributed by atoms with Crippen LogP contribution in [0, 0.1) is 0 Å². The second kappa shape index (κ2) is 26.0. The number of nitrogens with zero attached hydrogens (tertiary/aromatic N) is 6. The molecule has 0 aliphatic carbocycles. The minimum Gasteiger partial charge on any atom is -1.00 e. The number of carbonyl (C=O) groups is 6. The largest absolute Gasteiger partial charge is 2.00 e. The minimum absolute atomic E-state index is 0. The number of halogens is 2. The van der Waals surface area contributed by atoms with Crippen LogP contribution in [0.4, 0.5) is 28.8 Å². The van der Waals surface area contributed by atoms with Crippen LogP contribution in [0.3, 0.4) is 0 Å². The Kier molecular flexibility index (Phi) is 21.8. The minimum atomic E-state index is -1.45. The number of hydrogen-bond donors (Lipinski definition) is 6. The maximum Gasteiger partial charge on any atom is 2.00 e. The van der Waals surface area contributed by atoms with Gasteiger partial charge in [-0.3, -0.25) is 29.9 Å². The molecule has 0 fully saturated rings. The first-order valence-corrected chi connectivity index (χ1v) is 15.9. The Morgan fingerprint density at radius 1 is 0.302 bits per heavy atom. The van der Waals surface area contributed by atoms with E-state index in [0.29, 0.717) is 34.2 Å². The molecule has 27 heteroatoms. The number of rotatable bonds is 9. The van der Waals surface area contributed by atoms with Crippen molar-refractivity contribution in [2.75, 3.05) is 0 Å². The number of ether oxygens (including phenoxy) is 6. The van der Waals surface area contributed by atoms with Gasteiger partial charge in [-0.1, -0.05) is 0 Å². The fourth-order valence-corrected chi connectivity index (χ4v) is 4.29. The van der Waals surface area contributed by atoms with Gasteiger partial charge in [-0.15, -0.1) is 0 Å². The third-order valence-electron chi connectivity index (χ3n) is 6.41. The Balaban J connectivity index is 0.000000462. The summed E-state index contributed by atoms with van der Waals surface area (Å²) in [7, 11) is 0. The predicted molar refractivity (Wildman–Crippen MR) is 194 cm³/mol. The van der Waals surface area contributed by atoms with Crippen molar-refractivity contribution in [2.45, 2.75) is 0 Å². The van der Waals surface area contributed by atoms with E-state index in [4.69, 9.17) is 30.6 Å². The molecule has 0 spiro atoms. The maximum atomic E-state index is 10.4. The van der Waals surface area contributed by atoms with Crippen molar-refractivity contribution >= 4 is 36.9 Å². The maximum absolute atomic E-state index is 10.4. The Hall–Kier alpha value is -8.28. The third kappa shape index (κ3) is 18.7. The van der Waals surface area contributed by atoms with Crippen LogP contribution in [0.5, 0.6) is 34.5 Å². The monoisotopic (exact) mass is 1000 g/mol. The summed E-state index contributed by atoms with van der Waals surface area (Å²) in [4.78, 5) is 86.7. The van der Waals surface area contributed by atoms with Gasteiger partial charge in [-0.05, 0) is 36.4 Å². The topological polar surface area (TPSA) is 357 Å². The average Bonchev–Trinajstić information content (AvgIpc) is 3.18. The second-order valence-electron chi connectivity index (χ2n) is 10.5. The van der Waals surface area contributed by atoms with Gasteiger partial charge in [0.05, 0.1) is 34.2 Å². The van der Waals surface area contributed by atoms with Gasteiger partial charge < -0.3 is 83.9 Å². The first-order chi connectivity index (χ1) is 28.6. The molecule has 0 radical (unpaired) electrons. The first-order valence-electron chi connectivity index (χ1n) is 15.9. The Morgan fingerprint density at radius 2 is 0.429 bits per heavy atom. The number of pyridine rings is 6. The quantitative estimate of drug-likeness (QED) is 0.0861. The van der Waals surface area contributed by atoms with Crippen LogP contribution in [-0.2, 0) is 19.5 Å². The van der Waals surface area contributed by atoms with Crippen molar-refractivity contribution in [3.8, 4) is 68.7 Å². The fraction of sp³-hybridized carbons (Fsp3) is 0. The van der Waals surface area contributed by atoms with Gasteiger partial charge >= 0.3 is 56.4 Å². The Bertz CT molecular complexity index is 2090. The van der Waals surface area contributed by atoms with Crippen molar-refractivity contribution in [1.29, 1.82) is 0 Å². The van der Waals surface area contributed by atoms with E-state index in [2.05, 4.69) is 58.3 Å². The van der Waals surface area contributed by atoms with Crippen LogP contribution in [0.15, 0.2) is 110 Å². The molecule has 0 saturated heterocycles. The van der Waals surface area contributed by atoms with Gasteiger partial charge in [0.15, 0.2) is 0 Å². The first kappa shape index (κ1) is 52.7. The molecule has 24 nitrogen and oxygen atoms in total. The Labute approximate surface area is 376 Å². The van der Waals surface area contributed by atoms with Crippen molar-refractivity contribution < 1.29 is 132 Å². The van der Waals surface area contributed by atoms with Gasteiger partial charge in [0, 0.05) is 73.6 Å². The summed E-state index contributed by atoms with van der Waals surface area (Å²) in [6, 6.07) is 16.4. The molecule has 6 rings (SSSR count). The van der Waals surface area contributed by atoms with Crippen molar-refractivity contribution in [3.63, 3.8) is 0 Å². The molecule has 0 amide bonds. The number of aromatic nitrogens is 6. The van der Waals surface area contributed by atoms with Crippen LogP contribution >= 0.6 is 0 Å². The van der Waals surface area contributed by atoms with E-state index >= 15 is 0 Å². The molecule has 6 N–H and O–H groups in total. The second-order valence-corrected chi connectivity index (χ2v) is 10.5. The summed E-state index contributed by atoms with van der Waals surface area (Å²) in [5, 5.41) is 51.2. The Morgan fingerprint density at radius 3 is 0.540 bits per heavy atom. The van der Waals surface area contributed by atoms with E-state index < -0.39 is 36.9 Å². The number of carboxylic acid groups (broad SMARTS) is 6. The molecule has 6 heterocycles. The molecule has 0 aromatic carbocycles. The summed E-state index contributed by atoms with van der Waals surface area (Å²) in [6.07, 6.45) is -0.594. The zero-order chi connectivity index (χ0) is 43.6. The summed E-state index contributed by atoms with van der Waals surface area (Å²) in [5.41, 5.74) is 1.91. The summed E-state index contributed by atoms with van der Waals surface area (Å²) < 4.78 is 27.0. The predicted octanol–water partition coefficient (Wildman–Crippen LogP) is 0.777. The van der Waals surface area contributed by atoms with Crippen molar-refractivity contribution in [2.24, 2.45) is 0 Å². The summed E-state index contributed by atoms with van der Waals surface area (Å²) in [6.45, 7) is 0. The molecule has 0 aliphatic rings. The third-order valence-corrected chi connectivity index (χ3v) is 6.41. The molecule has 6 aromatic heterocycles. The van der Waals surface area contributed by atoms with E-state index in [1.165, 1.54) is 110 Å². The van der Waals surface area contributed by atoms with Crippen LogP contribution in [0.25, 0.3) is 34.2 Å². The smallest absolute Gasteiger partial charge is 1.00 e. The van der Waals surface area contributed by atoms with E-state index in [0.717, 1.165) is 0 Å². The van der Waals surface area contributed by atoms with E-state index in [1.807, 2.05) is 0 Å². The molecule has 0 unspecified atom stereocenters. The average molecular weight is 1000 g/mol. The van der Waals surface area contributed by atoms with E-state index in [1.54, 1.807) is 0 Å². The fourth-order valence-electron chi connectivity index (χ4n) is 4.29. The van der Waals surface area contributed by atoms with Gasteiger partial charge in [-0.2, -0.15) is 0 Å².